The first-order valence-electron chi connectivity index (χ1n) is 6.52. The second kappa shape index (κ2) is 8.64. The Morgan fingerprint density at radius 3 is 2.38 bits per heavy atom. The predicted molar refractivity (Wildman–Crippen MR) is 84.2 cm³/mol. The number of carbonyl (C=O) groups excluding carboxylic acids is 2. The van der Waals surface area contributed by atoms with E-state index in [4.69, 9.17) is 5.73 Å². The van der Waals surface area contributed by atoms with Crippen LogP contribution in [0, 0.1) is 5.41 Å². The summed E-state index contributed by atoms with van der Waals surface area (Å²) < 4.78 is 4.68. The van der Waals surface area contributed by atoms with Crippen LogP contribution in [-0.2, 0) is 20.7 Å². The van der Waals surface area contributed by atoms with Crippen LogP contribution in [0.2, 0.25) is 0 Å². The third kappa shape index (κ3) is 6.14. The number of nitrogens with one attached hydrogen (secondary N) is 1. The van der Waals surface area contributed by atoms with E-state index in [1.807, 2.05) is 30.3 Å². The van der Waals surface area contributed by atoms with Crippen molar-refractivity contribution in [1.82, 2.24) is 5.32 Å². The highest BCUT2D eigenvalue weighted by Gasteiger charge is 2.29. The Balaban J connectivity index is 0.00000400. The third-order valence-corrected chi connectivity index (χ3v) is 3.08. The lowest BCUT2D eigenvalue weighted by molar-refractivity contribution is -0.150. The molecule has 0 fully saturated rings. The summed E-state index contributed by atoms with van der Waals surface area (Å²) in [6, 6.07) is 8.93. The average molecular weight is 315 g/mol. The Bertz CT molecular complexity index is 463. The van der Waals surface area contributed by atoms with E-state index in [1.165, 1.54) is 7.11 Å². The molecule has 0 aliphatic heterocycles. The summed E-state index contributed by atoms with van der Waals surface area (Å²) in [4.78, 5) is 23.4. The predicted octanol–water partition coefficient (Wildman–Crippen LogP) is 1.29. The van der Waals surface area contributed by atoms with Gasteiger partial charge in [0.2, 0.25) is 5.91 Å². The molecule has 0 saturated carbocycles. The van der Waals surface area contributed by atoms with Crippen molar-refractivity contribution in [3.05, 3.63) is 35.9 Å². The lowest BCUT2D eigenvalue weighted by Gasteiger charge is -2.22. The van der Waals surface area contributed by atoms with Gasteiger partial charge in [0.05, 0.1) is 18.6 Å². The Morgan fingerprint density at radius 1 is 1.29 bits per heavy atom. The number of esters is 1. The van der Waals surface area contributed by atoms with E-state index in [1.54, 1.807) is 13.8 Å². The van der Waals surface area contributed by atoms with Crippen molar-refractivity contribution in [2.75, 3.05) is 13.7 Å². The Labute approximate surface area is 131 Å². The lowest BCUT2D eigenvalue weighted by Crippen LogP contribution is -2.47. The normalized spacial score (nSPS) is 12.0. The monoisotopic (exact) mass is 314 g/mol. The second-order valence-electron chi connectivity index (χ2n) is 5.39. The number of hydrogen-bond donors (Lipinski definition) is 2. The van der Waals surface area contributed by atoms with Gasteiger partial charge in [-0.3, -0.25) is 9.59 Å². The molecule has 0 radical (unpaired) electrons. The van der Waals surface area contributed by atoms with Crippen LogP contribution in [0.1, 0.15) is 19.4 Å². The SMILES string of the molecule is COC(=O)C(C)(C)CNC(=O)C(N)Cc1ccccc1.Cl. The molecular formula is C15H23ClN2O3. The molecule has 21 heavy (non-hydrogen) atoms. The zero-order chi connectivity index (χ0) is 15.2. The van der Waals surface area contributed by atoms with Crippen LogP contribution < -0.4 is 11.1 Å². The highest BCUT2D eigenvalue weighted by Crippen LogP contribution is 2.15. The largest absolute Gasteiger partial charge is 0.469 e. The first-order valence-corrected chi connectivity index (χ1v) is 6.52. The zero-order valence-electron chi connectivity index (χ0n) is 12.6. The van der Waals surface area contributed by atoms with Crippen LogP contribution in [0.3, 0.4) is 0 Å². The number of nitrogens with two attached hydrogens (primary N) is 1. The van der Waals surface area contributed by atoms with E-state index in [-0.39, 0.29) is 30.8 Å². The summed E-state index contributed by atoms with van der Waals surface area (Å²) in [6.45, 7) is 3.62. The van der Waals surface area contributed by atoms with Gasteiger partial charge in [-0.25, -0.2) is 0 Å². The van der Waals surface area contributed by atoms with E-state index < -0.39 is 11.5 Å². The van der Waals surface area contributed by atoms with Crippen LogP contribution in [0.25, 0.3) is 0 Å². The standard InChI is InChI=1S/C15H22N2O3.ClH/c1-15(2,14(19)20-3)10-17-13(18)12(16)9-11-7-5-4-6-8-11;/h4-8,12H,9-10,16H2,1-3H3,(H,17,18);1H. The summed E-state index contributed by atoms with van der Waals surface area (Å²) in [5, 5.41) is 2.69. The van der Waals surface area contributed by atoms with E-state index >= 15 is 0 Å². The first-order chi connectivity index (χ1) is 9.36. The topological polar surface area (TPSA) is 81.4 Å². The molecule has 1 unspecified atom stereocenters. The van der Waals surface area contributed by atoms with Gasteiger partial charge in [0.15, 0.2) is 0 Å². The molecule has 3 N–H and O–H groups in total. The summed E-state index contributed by atoms with van der Waals surface area (Å²) in [7, 11) is 1.33. The van der Waals surface area contributed by atoms with Crippen molar-refractivity contribution in [2.45, 2.75) is 26.3 Å². The second-order valence-corrected chi connectivity index (χ2v) is 5.39. The molecule has 5 nitrogen and oxygen atoms in total. The smallest absolute Gasteiger partial charge is 0.313 e. The maximum absolute atomic E-state index is 11.9. The number of methoxy groups -OCH3 is 1. The molecule has 1 rings (SSSR count). The fraction of sp³-hybridized carbons (Fsp3) is 0.467. The summed E-state index contributed by atoms with van der Waals surface area (Å²) in [6.07, 6.45) is 0.464. The Hall–Kier alpha value is -1.59. The zero-order valence-corrected chi connectivity index (χ0v) is 13.4. The van der Waals surface area contributed by atoms with Gasteiger partial charge in [-0.2, -0.15) is 0 Å². The minimum Gasteiger partial charge on any atom is -0.469 e. The lowest BCUT2D eigenvalue weighted by atomic mass is 9.93. The van der Waals surface area contributed by atoms with Gasteiger partial charge < -0.3 is 15.8 Å². The van der Waals surface area contributed by atoms with Crippen molar-refractivity contribution in [1.29, 1.82) is 0 Å². The molecule has 0 aliphatic rings. The van der Waals surface area contributed by atoms with Crippen molar-refractivity contribution >= 4 is 24.3 Å². The van der Waals surface area contributed by atoms with Gasteiger partial charge in [-0.15, -0.1) is 12.4 Å². The third-order valence-electron chi connectivity index (χ3n) is 3.08. The number of halogens is 1. The van der Waals surface area contributed by atoms with Gasteiger partial charge >= 0.3 is 5.97 Å². The molecule has 1 amide bonds. The molecule has 0 aliphatic carbocycles. The minimum atomic E-state index is -0.767. The van der Waals surface area contributed by atoms with Gasteiger partial charge in [0.25, 0.3) is 0 Å². The summed E-state index contributed by atoms with van der Waals surface area (Å²) in [5.41, 5.74) is 6.09. The van der Waals surface area contributed by atoms with Crippen LogP contribution in [0.5, 0.6) is 0 Å². The highest BCUT2D eigenvalue weighted by molar-refractivity contribution is 5.85. The first kappa shape index (κ1) is 19.4. The molecule has 1 aromatic carbocycles. The number of ether oxygens (including phenoxy) is 1. The van der Waals surface area contributed by atoms with Crippen LogP contribution >= 0.6 is 12.4 Å². The van der Waals surface area contributed by atoms with Crippen LogP contribution in [0.4, 0.5) is 0 Å². The van der Waals surface area contributed by atoms with E-state index in [9.17, 15) is 9.59 Å². The van der Waals surface area contributed by atoms with E-state index in [0.29, 0.717) is 6.42 Å². The molecule has 0 heterocycles. The van der Waals surface area contributed by atoms with Gasteiger partial charge in [-0.1, -0.05) is 30.3 Å². The number of carbonyl (C=O) groups is 2. The summed E-state index contributed by atoms with van der Waals surface area (Å²) >= 11 is 0. The Morgan fingerprint density at radius 2 is 1.86 bits per heavy atom. The molecule has 1 aromatic rings. The fourth-order valence-electron chi connectivity index (χ4n) is 1.75. The van der Waals surface area contributed by atoms with E-state index in [0.717, 1.165) is 5.56 Å². The molecule has 1 atom stereocenters. The Kier molecular flexibility index (Phi) is 7.99. The van der Waals surface area contributed by atoms with Crippen molar-refractivity contribution in [2.24, 2.45) is 11.1 Å². The average Bonchev–Trinajstić information content (AvgIpc) is 2.44. The van der Waals surface area contributed by atoms with Crippen molar-refractivity contribution < 1.29 is 14.3 Å². The number of rotatable bonds is 6. The van der Waals surface area contributed by atoms with Gasteiger partial charge in [0, 0.05) is 6.54 Å². The minimum absolute atomic E-state index is 0. The number of benzene rings is 1. The summed E-state index contributed by atoms with van der Waals surface area (Å²) in [5.74, 6) is -0.639. The molecule has 0 spiro atoms. The molecule has 0 saturated heterocycles. The maximum Gasteiger partial charge on any atom is 0.313 e. The van der Waals surface area contributed by atoms with Crippen LogP contribution in [0.15, 0.2) is 30.3 Å². The van der Waals surface area contributed by atoms with Crippen LogP contribution in [-0.4, -0.2) is 31.6 Å². The van der Waals surface area contributed by atoms with Gasteiger partial charge in [-0.05, 0) is 25.8 Å². The van der Waals surface area contributed by atoms with Crippen molar-refractivity contribution in [3.8, 4) is 0 Å². The molecular weight excluding hydrogens is 292 g/mol. The van der Waals surface area contributed by atoms with Crippen molar-refractivity contribution in [3.63, 3.8) is 0 Å². The molecule has 118 valence electrons. The van der Waals surface area contributed by atoms with Gasteiger partial charge in [0.1, 0.15) is 0 Å². The van der Waals surface area contributed by atoms with E-state index in [2.05, 4.69) is 10.1 Å². The molecule has 0 bridgehead atoms. The quantitative estimate of drug-likeness (QED) is 0.775. The molecule has 0 aromatic heterocycles. The molecule has 6 heteroatoms. The number of hydrogen-bond acceptors (Lipinski definition) is 4. The maximum atomic E-state index is 11.9. The number of amides is 1. The highest BCUT2D eigenvalue weighted by atomic mass is 35.5. The fourth-order valence-corrected chi connectivity index (χ4v) is 1.75.